The predicted molar refractivity (Wildman–Crippen MR) is 167 cm³/mol. The molecular weight excluding hydrogens is 585 g/mol. The third-order valence-electron chi connectivity index (χ3n) is 7.94. The molecule has 0 N–H and O–H groups in total. The van der Waals surface area contributed by atoms with Crippen LogP contribution in [-0.2, 0) is 9.53 Å². The van der Waals surface area contributed by atoms with Gasteiger partial charge in [-0.05, 0) is 88.9 Å². The van der Waals surface area contributed by atoms with Crippen molar-refractivity contribution < 1.29 is 23.5 Å². The highest BCUT2D eigenvalue weighted by Crippen LogP contribution is 2.39. The number of pyridine rings is 1. The van der Waals surface area contributed by atoms with Gasteiger partial charge in [-0.25, -0.2) is 14.2 Å². The lowest BCUT2D eigenvalue weighted by atomic mass is 9.97. The standard InChI is InChI=1S/C33H35ClFN5O4/c1-32(2,3)29(41)43-21-13-18-9-7-8-10-22(18)23(14-21)26-25(35)27-24(15-36-26)28(38-30(34)37-27)39-16-19-11-12-20(17-39)40(19)31(42)44-33(4,5)6/h7-10,13-15,19-20H,11-12,16-17H2,1-6H3/t19-,20+. The van der Waals surface area contributed by atoms with E-state index in [-0.39, 0.29) is 34.7 Å². The molecule has 0 aliphatic carbocycles. The van der Waals surface area contributed by atoms with Gasteiger partial charge in [0.1, 0.15) is 28.4 Å². The SMILES string of the molecule is CC(C)(C)OC(=O)N1[C@@H]2CC[C@H]1CN(c1nc(Cl)nc3c(F)c(-c4cc(OC(=O)C(C)(C)C)cc5ccccc45)ncc13)C2. The molecule has 44 heavy (non-hydrogen) atoms. The summed E-state index contributed by atoms with van der Waals surface area (Å²) >= 11 is 6.40. The van der Waals surface area contributed by atoms with Gasteiger partial charge in [0.05, 0.1) is 22.9 Å². The number of carbonyl (C=O) groups excluding carboxylic acids is 2. The molecule has 0 spiro atoms. The first-order chi connectivity index (χ1) is 20.7. The van der Waals surface area contributed by atoms with Gasteiger partial charge in [0.25, 0.3) is 0 Å². The van der Waals surface area contributed by atoms with Crippen LogP contribution in [0, 0.1) is 11.2 Å². The zero-order chi connectivity index (χ0) is 31.6. The molecule has 2 fully saturated rings. The predicted octanol–water partition coefficient (Wildman–Crippen LogP) is 7.18. The lowest BCUT2D eigenvalue weighted by Gasteiger charge is -2.42. The molecule has 0 saturated carbocycles. The van der Waals surface area contributed by atoms with Crippen LogP contribution in [0.3, 0.4) is 0 Å². The molecule has 4 aromatic rings. The smallest absolute Gasteiger partial charge is 0.410 e. The molecule has 2 aromatic heterocycles. The van der Waals surface area contributed by atoms with Crippen LogP contribution in [0.15, 0.2) is 42.6 Å². The van der Waals surface area contributed by atoms with Gasteiger partial charge >= 0.3 is 12.1 Å². The lowest BCUT2D eigenvalue weighted by Crippen LogP contribution is -2.57. The van der Waals surface area contributed by atoms with E-state index in [0.717, 1.165) is 23.6 Å². The average Bonchev–Trinajstić information content (AvgIpc) is 3.21. The Morgan fingerprint density at radius 2 is 1.66 bits per heavy atom. The molecule has 4 heterocycles. The Kier molecular flexibility index (Phi) is 7.39. The van der Waals surface area contributed by atoms with E-state index in [2.05, 4.69) is 15.0 Å². The van der Waals surface area contributed by atoms with E-state index in [1.807, 2.05) is 54.8 Å². The quantitative estimate of drug-likeness (QED) is 0.135. The molecule has 2 bridgehead atoms. The largest absolute Gasteiger partial charge is 0.444 e. The number of piperazine rings is 1. The number of carbonyl (C=O) groups is 2. The van der Waals surface area contributed by atoms with Crippen LogP contribution in [0.2, 0.25) is 5.28 Å². The maximum Gasteiger partial charge on any atom is 0.410 e. The van der Waals surface area contributed by atoms with Gasteiger partial charge in [-0.2, -0.15) is 4.98 Å². The number of amides is 1. The Bertz CT molecular complexity index is 1790. The summed E-state index contributed by atoms with van der Waals surface area (Å²) in [6, 6.07) is 10.7. The Balaban J connectivity index is 1.39. The molecule has 11 heteroatoms. The first kappa shape index (κ1) is 30.0. The van der Waals surface area contributed by atoms with Crippen molar-refractivity contribution in [2.45, 2.75) is 72.1 Å². The highest BCUT2D eigenvalue weighted by Gasteiger charge is 2.45. The lowest BCUT2D eigenvalue weighted by molar-refractivity contribution is -0.142. The van der Waals surface area contributed by atoms with Gasteiger partial charge in [-0.3, -0.25) is 14.7 Å². The van der Waals surface area contributed by atoms with Crippen LogP contribution in [0.5, 0.6) is 5.75 Å². The molecule has 9 nitrogen and oxygen atoms in total. The number of halogens is 2. The van der Waals surface area contributed by atoms with E-state index in [1.165, 1.54) is 0 Å². The second kappa shape index (κ2) is 10.8. The van der Waals surface area contributed by atoms with Crippen molar-refractivity contribution in [2.24, 2.45) is 5.41 Å². The molecule has 230 valence electrons. The maximum absolute atomic E-state index is 16.5. The summed E-state index contributed by atoms with van der Waals surface area (Å²) in [5, 5.41) is 1.83. The summed E-state index contributed by atoms with van der Waals surface area (Å²) in [6.07, 6.45) is 2.90. The summed E-state index contributed by atoms with van der Waals surface area (Å²) in [5.74, 6) is -0.306. The molecule has 2 atom stereocenters. The highest BCUT2D eigenvalue weighted by atomic mass is 35.5. The molecule has 0 unspecified atom stereocenters. The van der Waals surface area contributed by atoms with E-state index >= 15 is 4.39 Å². The number of benzene rings is 2. The van der Waals surface area contributed by atoms with E-state index in [9.17, 15) is 9.59 Å². The number of nitrogens with zero attached hydrogens (tertiary/aromatic N) is 5. The summed E-state index contributed by atoms with van der Waals surface area (Å²) in [5.41, 5.74) is -0.769. The van der Waals surface area contributed by atoms with Crippen LogP contribution in [0.25, 0.3) is 32.9 Å². The van der Waals surface area contributed by atoms with Gasteiger partial charge in [0, 0.05) is 24.8 Å². The van der Waals surface area contributed by atoms with Crippen molar-refractivity contribution in [3.63, 3.8) is 0 Å². The molecule has 1 amide bonds. The number of anilines is 1. The van der Waals surface area contributed by atoms with Crippen molar-refractivity contribution in [1.29, 1.82) is 0 Å². The summed E-state index contributed by atoms with van der Waals surface area (Å²) in [4.78, 5) is 42.9. The topological polar surface area (TPSA) is 97.8 Å². The van der Waals surface area contributed by atoms with E-state index < -0.39 is 22.8 Å². The average molecular weight is 620 g/mol. The third-order valence-corrected chi connectivity index (χ3v) is 8.11. The van der Waals surface area contributed by atoms with E-state index in [1.54, 1.807) is 39.1 Å². The minimum absolute atomic E-state index is 0.0353. The molecule has 2 saturated heterocycles. The van der Waals surface area contributed by atoms with Crippen molar-refractivity contribution in [3.05, 3.63) is 53.7 Å². The molecular formula is C33H35ClFN5O4. The maximum atomic E-state index is 16.5. The number of hydrogen-bond acceptors (Lipinski definition) is 8. The molecule has 2 aromatic carbocycles. The van der Waals surface area contributed by atoms with Crippen LogP contribution in [-0.4, -0.2) is 62.7 Å². The fourth-order valence-corrected chi connectivity index (χ4v) is 6.10. The Labute approximate surface area is 260 Å². The number of rotatable bonds is 3. The second-order valence-electron chi connectivity index (χ2n) is 13.5. The van der Waals surface area contributed by atoms with Crippen molar-refractivity contribution >= 4 is 51.2 Å². The van der Waals surface area contributed by atoms with Crippen LogP contribution >= 0.6 is 11.6 Å². The van der Waals surface area contributed by atoms with E-state index in [0.29, 0.717) is 35.6 Å². The van der Waals surface area contributed by atoms with Crippen molar-refractivity contribution in [1.82, 2.24) is 19.9 Å². The van der Waals surface area contributed by atoms with Crippen LogP contribution < -0.4 is 9.64 Å². The minimum atomic E-state index is -0.722. The van der Waals surface area contributed by atoms with Gasteiger partial charge in [0.2, 0.25) is 5.28 Å². The first-order valence-electron chi connectivity index (χ1n) is 14.7. The normalized spacial score (nSPS) is 18.6. The van der Waals surface area contributed by atoms with E-state index in [4.69, 9.17) is 21.1 Å². The molecule has 0 radical (unpaired) electrons. The third kappa shape index (κ3) is 5.63. The van der Waals surface area contributed by atoms with Crippen LogP contribution in [0.4, 0.5) is 15.0 Å². The number of esters is 1. The van der Waals surface area contributed by atoms with Crippen molar-refractivity contribution in [2.75, 3.05) is 18.0 Å². The number of ether oxygens (including phenoxy) is 2. The molecule has 2 aliphatic heterocycles. The Morgan fingerprint density at radius 3 is 2.32 bits per heavy atom. The second-order valence-corrected chi connectivity index (χ2v) is 13.8. The zero-order valence-electron chi connectivity index (χ0n) is 25.6. The summed E-state index contributed by atoms with van der Waals surface area (Å²) < 4.78 is 27.8. The van der Waals surface area contributed by atoms with Crippen LogP contribution in [0.1, 0.15) is 54.4 Å². The fraction of sp³-hybridized carbons (Fsp3) is 0.424. The van der Waals surface area contributed by atoms with Crippen molar-refractivity contribution in [3.8, 4) is 17.0 Å². The molecule has 2 aliphatic rings. The van der Waals surface area contributed by atoms with Gasteiger partial charge < -0.3 is 14.4 Å². The van der Waals surface area contributed by atoms with Gasteiger partial charge in [0.15, 0.2) is 5.82 Å². The Hall–Kier alpha value is -4.05. The van der Waals surface area contributed by atoms with Gasteiger partial charge in [-0.15, -0.1) is 0 Å². The minimum Gasteiger partial charge on any atom is -0.444 e. The Morgan fingerprint density at radius 1 is 0.977 bits per heavy atom. The zero-order valence-corrected chi connectivity index (χ0v) is 26.4. The molecule has 6 rings (SSSR count). The summed E-state index contributed by atoms with van der Waals surface area (Å²) in [7, 11) is 0. The van der Waals surface area contributed by atoms with Gasteiger partial charge in [-0.1, -0.05) is 24.3 Å². The number of hydrogen-bond donors (Lipinski definition) is 0. The summed E-state index contributed by atoms with van der Waals surface area (Å²) in [6.45, 7) is 11.9. The fourth-order valence-electron chi connectivity index (χ4n) is 5.93. The first-order valence-corrected chi connectivity index (χ1v) is 15.1. The number of aromatic nitrogens is 3. The monoisotopic (exact) mass is 619 g/mol. The highest BCUT2D eigenvalue weighted by molar-refractivity contribution is 6.28. The number of fused-ring (bicyclic) bond motifs is 4.